The number of carbonyl (C=O) groups is 1. The first-order valence-electron chi connectivity index (χ1n) is 4.71. The minimum atomic E-state index is -0.145. The molecular formula is C11H13N2OSe. The Balaban J connectivity index is 2.65. The number of rotatable bonds is 2. The summed E-state index contributed by atoms with van der Waals surface area (Å²) >= 11 is 2.73. The van der Waals surface area contributed by atoms with E-state index < -0.39 is 0 Å². The van der Waals surface area contributed by atoms with Crippen molar-refractivity contribution in [3.63, 3.8) is 0 Å². The number of carbonyl (C=O) groups excluding carboxylic acids is 1. The summed E-state index contributed by atoms with van der Waals surface area (Å²) < 4.78 is 0.527. The zero-order valence-electron chi connectivity index (χ0n) is 8.73. The molecule has 0 atom stereocenters. The number of nitrogens with one attached hydrogen (secondary N) is 1. The van der Waals surface area contributed by atoms with E-state index in [2.05, 4.69) is 26.3 Å². The van der Waals surface area contributed by atoms with Gasteiger partial charge >= 0.3 is 97.5 Å². The molecule has 1 aromatic rings. The summed E-state index contributed by atoms with van der Waals surface area (Å²) in [7, 11) is 0. The molecule has 0 saturated heterocycles. The van der Waals surface area contributed by atoms with Crippen LogP contribution in [-0.2, 0) is 0 Å². The van der Waals surface area contributed by atoms with Gasteiger partial charge in [0.05, 0.1) is 0 Å². The van der Waals surface area contributed by atoms with Crippen LogP contribution in [0.25, 0.3) is 0 Å². The molecule has 1 amide bonds. The Hall–Kier alpha value is -1.12. The summed E-state index contributed by atoms with van der Waals surface area (Å²) in [5.74, 6) is -0.145. The van der Waals surface area contributed by atoms with Crippen LogP contribution in [0, 0.1) is 0 Å². The van der Waals surface area contributed by atoms with Gasteiger partial charge in [0, 0.05) is 0 Å². The second-order valence-electron chi connectivity index (χ2n) is 3.35. The molecule has 0 aliphatic carbocycles. The molecule has 0 heterocycles. The molecule has 0 aliphatic rings. The SMILES string of the molecule is CC(C)N=C([Se])NC(=O)c1ccccc1. The molecule has 0 bridgehead atoms. The predicted molar refractivity (Wildman–Crippen MR) is 62.2 cm³/mol. The molecule has 0 saturated carbocycles. The van der Waals surface area contributed by atoms with Crippen LogP contribution in [-0.4, -0.2) is 32.7 Å². The van der Waals surface area contributed by atoms with E-state index >= 15 is 0 Å². The fraction of sp³-hybridized carbons (Fsp3) is 0.273. The molecule has 0 spiro atoms. The zero-order valence-corrected chi connectivity index (χ0v) is 10.4. The number of hydrogen-bond donors (Lipinski definition) is 1. The van der Waals surface area contributed by atoms with Crippen molar-refractivity contribution in [2.45, 2.75) is 19.9 Å². The number of hydrogen-bond acceptors (Lipinski definition) is 2. The van der Waals surface area contributed by atoms with Gasteiger partial charge in [0.25, 0.3) is 0 Å². The predicted octanol–water partition coefficient (Wildman–Crippen LogP) is 1.35. The third kappa shape index (κ3) is 4.28. The van der Waals surface area contributed by atoms with Gasteiger partial charge < -0.3 is 0 Å². The molecule has 1 aromatic carbocycles. The van der Waals surface area contributed by atoms with Crippen LogP contribution < -0.4 is 5.32 Å². The van der Waals surface area contributed by atoms with Gasteiger partial charge in [-0.3, -0.25) is 0 Å². The molecule has 3 nitrogen and oxygen atoms in total. The van der Waals surface area contributed by atoms with Crippen molar-refractivity contribution >= 4 is 26.7 Å². The summed E-state index contributed by atoms with van der Waals surface area (Å²) in [5, 5.41) is 2.68. The second-order valence-corrected chi connectivity index (χ2v) is 4.16. The molecule has 0 aromatic heterocycles. The summed E-state index contributed by atoms with van der Waals surface area (Å²) in [6.45, 7) is 3.90. The topological polar surface area (TPSA) is 41.5 Å². The van der Waals surface area contributed by atoms with Crippen LogP contribution in [0.4, 0.5) is 0 Å². The van der Waals surface area contributed by atoms with Gasteiger partial charge in [-0.25, -0.2) is 0 Å². The monoisotopic (exact) mass is 269 g/mol. The van der Waals surface area contributed by atoms with Crippen molar-refractivity contribution in [3.05, 3.63) is 35.9 Å². The van der Waals surface area contributed by atoms with Crippen molar-refractivity contribution in [2.75, 3.05) is 0 Å². The van der Waals surface area contributed by atoms with Crippen LogP contribution >= 0.6 is 0 Å². The van der Waals surface area contributed by atoms with Crippen molar-refractivity contribution in [3.8, 4) is 0 Å². The van der Waals surface area contributed by atoms with Gasteiger partial charge in [-0.2, -0.15) is 0 Å². The second kappa shape index (κ2) is 5.69. The minimum absolute atomic E-state index is 0.145. The number of nitrogens with zero attached hydrogens (tertiary/aromatic N) is 1. The maximum atomic E-state index is 11.6. The Morgan fingerprint density at radius 2 is 1.93 bits per heavy atom. The van der Waals surface area contributed by atoms with Crippen LogP contribution in [0.15, 0.2) is 35.3 Å². The summed E-state index contributed by atoms with van der Waals surface area (Å²) in [6, 6.07) is 9.21. The number of amidine groups is 1. The molecule has 1 rings (SSSR count). The third-order valence-electron chi connectivity index (χ3n) is 1.63. The van der Waals surface area contributed by atoms with E-state index in [-0.39, 0.29) is 11.9 Å². The number of benzene rings is 1. The fourth-order valence-corrected chi connectivity index (χ4v) is 1.66. The quantitative estimate of drug-likeness (QED) is 0.491. The Morgan fingerprint density at radius 3 is 2.47 bits per heavy atom. The molecule has 15 heavy (non-hydrogen) atoms. The van der Waals surface area contributed by atoms with Gasteiger partial charge in [0.1, 0.15) is 0 Å². The van der Waals surface area contributed by atoms with E-state index in [4.69, 9.17) is 0 Å². The van der Waals surface area contributed by atoms with Crippen LogP contribution in [0.5, 0.6) is 0 Å². The number of aliphatic imine (C=N–C) groups is 1. The first-order valence-corrected chi connectivity index (χ1v) is 5.56. The van der Waals surface area contributed by atoms with Gasteiger partial charge in [0.15, 0.2) is 0 Å². The van der Waals surface area contributed by atoms with Gasteiger partial charge in [-0.15, -0.1) is 0 Å². The summed E-state index contributed by atoms with van der Waals surface area (Å²) in [4.78, 5) is 15.8. The zero-order chi connectivity index (χ0) is 11.3. The summed E-state index contributed by atoms with van der Waals surface area (Å²) in [6.07, 6.45) is 0. The third-order valence-corrected chi connectivity index (χ3v) is 2.07. The molecule has 1 radical (unpaired) electrons. The summed E-state index contributed by atoms with van der Waals surface area (Å²) in [5.41, 5.74) is 0.629. The van der Waals surface area contributed by atoms with Crippen LogP contribution in [0.2, 0.25) is 0 Å². The Kier molecular flexibility index (Phi) is 4.53. The Morgan fingerprint density at radius 1 is 1.33 bits per heavy atom. The maximum absolute atomic E-state index is 11.6. The first kappa shape index (κ1) is 12.0. The standard InChI is InChI=1S/C11H13N2OSe/c1-8(2)12-11(15)13-10(14)9-6-4-3-5-7-9/h3-8H,1-2H3,(H,12,13,14). The average Bonchev–Trinajstić information content (AvgIpc) is 2.17. The van der Waals surface area contributed by atoms with E-state index in [0.717, 1.165) is 0 Å². The van der Waals surface area contributed by atoms with Crippen molar-refractivity contribution in [1.82, 2.24) is 5.32 Å². The van der Waals surface area contributed by atoms with Gasteiger partial charge in [-0.1, -0.05) is 0 Å². The number of amides is 1. The van der Waals surface area contributed by atoms with E-state index in [1.165, 1.54) is 0 Å². The van der Waals surface area contributed by atoms with E-state index in [1.807, 2.05) is 32.0 Å². The molecule has 4 heteroatoms. The normalized spacial score (nSPS) is 11.5. The molecule has 0 unspecified atom stereocenters. The molecule has 79 valence electrons. The van der Waals surface area contributed by atoms with E-state index in [0.29, 0.717) is 10.3 Å². The first-order chi connectivity index (χ1) is 7.09. The molecule has 0 fully saturated rings. The average molecular weight is 268 g/mol. The van der Waals surface area contributed by atoms with Crippen molar-refractivity contribution in [2.24, 2.45) is 4.99 Å². The van der Waals surface area contributed by atoms with Gasteiger partial charge in [0.2, 0.25) is 0 Å². The van der Waals surface area contributed by atoms with E-state index in [1.54, 1.807) is 12.1 Å². The molecule has 1 N–H and O–H groups in total. The van der Waals surface area contributed by atoms with Crippen molar-refractivity contribution in [1.29, 1.82) is 0 Å². The van der Waals surface area contributed by atoms with Crippen LogP contribution in [0.3, 0.4) is 0 Å². The fourth-order valence-electron chi connectivity index (χ4n) is 1.03. The Labute approximate surface area is 97.8 Å². The van der Waals surface area contributed by atoms with Crippen LogP contribution in [0.1, 0.15) is 24.2 Å². The van der Waals surface area contributed by atoms with E-state index in [9.17, 15) is 4.79 Å². The Bertz CT molecular complexity index is 360. The molecular weight excluding hydrogens is 255 g/mol. The molecule has 0 aliphatic heterocycles. The van der Waals surface area contributed by atoms with Crippen molar-refractivity contribution < 1.29 is 4.79 Å². The van der Waals surface area contributed by atoms with Gasteiger partial charge in [-0.05, 0) is 0 Å².